The highest BCUT2D eigenvalue weighted by Crippen LogP contribution is 2.44. The lowest BCUT2D eigenvalue weighted by Crippen LogP contribution is -2.40. The first-order valence-corrected chi connectivity index (χ1v) is 7.82. The molecule has 0 spiro atoms. The van der Waals surface area contributed by atoms with Crippen molar-refractivity contribution in [3.63, 3.8) is 0 Å². The molecule has 2 aromatic rings. The lowest BCUT2D eigenvalue weighted by atomic mass is 9.78. The Morgan fingerprint density at radius 1 is 1.00 bits per heavy atom. The maximum absolute atomic E-state index is 12.7. The molecule has 0 aromatic heterocycles. The fraction of sp³-hybridized carbons (Fsp3) is 0.333. The Kier molecular flexibility index (Phi) is 3.31. The van der Waals surface area contributed by atoms with Gasteiger partial charge in [0.2, 0.25) is 5.91 Å². The van der Waals surface area contributed by atoms with Gasteiger partial charge in [-0.25, -0.2) is 0 Å². The quantitative estimate of drug-likeness (QED) is 0.914. The van der Waals surface area contributed by atoms with Crippen LogP contribution in [0.1, 0.15) is 12.8 Å². The number of anilines is 1. The molecule has 2 aromatic carbocycles. The average Bonchev–Trinajstić information content (AvgIpc) is 3.16. The normalized spacial score (nSPS) is 28.9. The summed E-state index contributed by atoms with van der Waals surface area (Å²) in [6, 6.07) is 13.5. The Morgan fingerprint density at radius 2 is 1.70 bits per heavy atom. The van der Waals surface area contributed by atoms with Crippen LogP contribution in [0.15, 0.2) is 42.5 Å². The third kappa shape index (κ3) is 2.28. The summed E-state index contributed by atoms with van der Waals surface area (Å²) in [5, 5.41) is 14.3. The first-order chi connectivity index (χ1) is 11.1. The third-order valence-corrected chi connectivity index (χ3v) is 4.91. The minimum Gasteiger partial charge on any atom is -0.481 e. The van der Waals surface area contributed by atoms with Gasteiger partial charge in [-0.1, -0.05) is 36.4 Å². The number of rotatable bonds is 3. The monoisotopic (exact) mass is 311 g/mol. The predicted octanol–water partition coefficient (Wildman–Crippen LogP) is 2.66. The molecule has 2 heterocycles. The highest BCUT2D eigenvalue weighted by atomic mass is 16.5. The molecule has 4 atom stereocenters. The number of hydrogen-bond acceptors (Lipinski definition) is 3. The van der Waals surface area contributed by atoms with Crippen LogP contribution in [0, 0.1) is 11.8 Å². The zero-order valence-electron chi connectivity index (χ0n) is 12.4. The predicted molar refractivity (Wildman–Crippen MR) is 85.1 cm³/mol. The third-order valence-electron chi connectivity index (χ3n) is 4.91. The number of fused-ring (bicyclic) bond motifs is 3. The molecule has 2 unspecified atom stereocenters. The van der Waals surface area contributed by atoms with Crippen molar-refractivity contribution in [2.75, 3.05) is 5.32 Å². The van der Waals surface area contributed by atoms with Crippen molar-refractivity contribution in [1.29, 1.82) is 0 Å². The summed E-state index contributed by atoms with van der Waals surface area (Å²) in [6.45, 7) is 0. The van der Waals surface area contributed by atoms with Crippen LogP contribution in [0.25, 0.3) is 10.8 Å². The summed E-state index contributed by atoms with van der Waals surface area (Å²) in [4.78, 5) is 24.2. The van der Waals surface area contributed by atoms with Crippen LogP contribution in [0.5, 0.6) is 0 Å². The first kappa shape index (κ1) is 14.2. The molecule has 2 N–H and O–H groups in total. The Hall–Kier alpha value is -2.40. The van der Waals surface area contributed by atoms with Gasteiger partial charge in [0.1, 0.15) is 0 Å². The molecule has 4 rings (SSSR count). The second-order valence-corrected chi connectivity index (χ2v) is 6.20. The maximum atomic E-state index is 12.7. The molecule has 23 heavy (non-hydrogen) atoms. The molecule has 0 saturated carbocycles. The molecule has 0 radical (unpaired) electrons. The second kappa shape index (κ2) is 5.35. The average molecular weight is 311 g/mol. The number of carbonyl (C=O) groups excluding carboxylic acids is 1. The van der Waals surface area contributed by atoms with E-state index in [0.29, 0.717) is 5.69 Å². The summed E-state index contributed by atoms with van der Waals surface area (Å²) in [5.41, 5.74) is 0.708. The number of amides is 1. The van der Waals surface area contributed by atoms with E-state index in [-0.39, 0.29) is 18.1 Å². The minimum absolute atomic E-state index is 0.263. The summed E-state index contributed by atoms with van der Waals surface area (Å²) in [5.74, 6) is -2.58. The van der Waals surface area contributed by atoms with Crippen LogP contribution in [-0.2, 0) is 14.3 Å². The van der Waals surface area contributed by atoms with Crippen LogP contribution in [0.4, 0.5) is 5.69 Å². The Bertz CT molecular complexity index is 782. The number of benzene rings is 2. The number of hydrogen-bond donors (Lipinski definition) is 2. The van der Waals surface area contributed by atoms with Crippen LogP contribution in [0.3, 0.4) is 0 Å². The van der Waals surface area contributed by atoms with E-state index in [1.165, 1.54) is 0 Å². The first-order valence-electron chi connectivity index (χ1n) is 7.82. The van der Waals surface area contributed by atoms with Gasteiger partial charge >= 0.3 is 5.97 Å². The molecule has 5 heteroatoms. The van der Waals surface area contributed by atoms with Crippen LogP contribution in [0.2, 0.25) is 0 Å². The van der Waals surface area contributed by atoms with Crippen LogP contribution >= 0.6 is 0 Å². The van der Waals surface area contributed by atoms with Crippen molar-refractivity contribution in [3.05, 3.63) is 42.5 Å². The van der Waals surface area contributed by atoms with Crippen molar-refractivity contribution in [1.82, 2.24) is 0 Å². The standard InChI is InChI=1S/C18H17NO4/c20-17(15-13-8-9-14(23-13)16(15)18(21)22)19-12-7-3-5-10-4-1-2-6-11(10)12/h1-7,13-16H,8-9H2,(H,19,20)(H,21,22)/t13-,14+,15?,16?/m1/s1. The Morgan fingerprint density at radius 3 is 2.48 bits per heavy atom. The van der Waals surface area contributed by atoms with Gasteiger partial charge < -0.3 is 15.2 Å². The largest absolute Gasteiger partial charge is 0.481 e. The zero-order chi connectivity index (χ0) is 16.0. The van der Waals surface area contributed by atoms with E-state index in [4.69, 9.17) is 4.74 Å². The lowest BCUT2D eigenvalue weighted by molar-refractivity contribution is -0.147. The van der Waals surface area contributed by atoms with E-state index in [2.05, 4.69) is 5.32 Å². The topological polar surface area (TPSA) is 75.6 Å². The van der Waals surface area contributed by atoms with Gasteiger partial charge in [0.25, 0.3) is 0 Å². The van der Waals surface area contributed by atoms with E-state index < -0.39 is 17.8 Å². The minimum atomic E-state index is -0.949. The van der Waals surface area contributed by atoms with Crippen molar-refractivity contribution < 1.29 is 19.4 Å². The highest BCUT2D eigenvalue weighted by molar-refractivity contribution is 6.04. The van der Waals surface area contributed by atoms with E-state index in [1.807, 2.05) is 42.5 Å². The molecule has 2 aliphatic rings. The van der Waals surface area contributed by atoms with Gasteiger partial charge in [-0.2, -0.15) is 0 Å². The van der Waals surface area contributed by atoms with Gasteiger partial charge in [-0.05, 0) is 24.3 Å². The summed E-state index contributed by atoms with van der Waals surface area (Å²) in [6.07, 6.45) is 0.860. The van der Waals surface area contributed by atoms with Crippen LogP contribution in [-0.4, -0.2) is 29.2 Å². The van der Waals surface area contributed by atoms with Gasteiger partial charge in [0.15, 0.2) is 0 Å². The molecule has 5 nitrogen and oxygen atoms in total. The molecule has 1 amide bonds. The molecular weight excluding hydrogens is 294 g/mol. The fourth-order valence-electron chi connectivity index (χ4n) is 3.88. The molecule has 2 fully saturated rings. The summed E-state index contributed by atoms with van der Waals surface area (Å²) < 4.78 is 5.66. The van der Waals surface area contributed by atoms with Crippen molar-refractivity contribution >= 4 is 28.3 Å². The number of carbonyl (C=O) groups is 2. The smallest absolute Gasteiger partial charge is 0.310 e. The second-order valence-electron chi connectivity index (χ2n) is 6.20. The lowest BCUT2D eigenvalue weighted by Gasteiger charge is -2.24. The number of ether oxygens (including phenoxy) is 1. The van der Waals surface area contributed by atoms with E-state index in [1.54, 1.807) is 0 Å². The van der Waals surface area contributed by atoms with Crippen molar-refractivity contribution in [2.45, 2.75) is 25.0 Å². The SMILES string of the molecule is O=C(O)C1C(C(=O)Nc2cccc3ccccc23)[C@H]2CC[C@@H]1O2. The van der Waals surface area contributed by atoms with E-state index >= 15 is 0 Å². The molecule has 118 valence electrons. The molecule has 2 saturated heterocycles. The number of nitrogens with one attached hydrogen (secondary N) is 1. The Labute approximate surface area is 133 Å². The van der Waals surface area contributed by atoms with E-state index in [9.17, 15) is 14.7 Å². The molecular formula is C18H17NO4. The molecule has 0 aliphatic carbocycles. The zero-order valence-corrected chi connectivity index (χ0v) is 12.4. The van der Waals surface area contributed by atoms with E-state index in [0.717, 1.165) is 23.6 Å². The molecule has 2 aliphatic heterocycles. The number of aliphatic carboxylic acids is 1. The van der Waals surface area contributed by atoms with Gasteiger partial charge in [0.05, 0.1) is 24.0 Å². The van der Waals surface area contributed by atoms with Crippen molar-refractivity contribution in [3.8, 4) is 0 Å². The van der Waals surface area contributed by atoms with Gasteiger partial charge in [0, 0.05) is 11.1 Å². The molecule has 2 bridgehead atoms. The summed E-state index contributed by atoms with van der Waals surface area (Å²) in [7, 11) is 0. The number of carboxylic acid groups (broad SMARTS) is 1. The van der Waals surface area contributed by atoms with Crippen molar-refractivity contribution in [2.24, 2.45) is 11.8 Å². The van der Waals surface area contributed by atoms with Gasteiger partial charge in [-0.3, -0.25) is 9.59 Å². The fourth-order valence-corrected chi connectivity index (χ4v) is 3.88. The maximum Gasteiger partial charge on any atom is 0.310 e. The van der Waals surface area contributed by atoms with Crippen LogP contribution < -0.4 is 5.32 Å². The Balaban J connectivity index is 1.63. The number of carboxylic acids is 1. The van der Waals surface area contributed by atoms with Gasteiger partial charge in [-0.15, -0.1) is 0 Å². The highest BCUT2D eigenvalue weighted by Gasteiger charge is 2.55. The summed E-state index contributed by atoms with van der Waals surface area (Å²) >= 11 is 0.